The molecule has 1 atom stereocenters. The average molecular weight is 295 g/mol. The van der Waals surface area contributed by atoms with Crippen molar-refractivity contribution in [1.29, 1.82) is 0 Å². The van der Waals surface area contributed by atoms with Crippen LogP contribution in [0, 0.1) is 18.8 Å². The van der Waals surface area contributed by atoms with Crippen molar-refractivity contribution in [1.82, 2.24) is 14.9 Å². The molecule has 1 aromatic heterocycles. The van der Waals surface area contributed by atoms with Crippen molar-refractivity contribution in [3.05, 3.63) is 22.1 Å². The summed E-state index contributed by atoms with van der Waals surface area (Å²) in [6, 6.07) is 0. The third-order valence-corrected chi connectivity index (χ3v) is 4.54. The Bertz CT molecular complexity index is 554. The fraction of sp³-hybridized carbons (Fsp3) is 0.643. The van der Waals surface area contributed by atoms with Gasteiger partial charge in [-0.15, -0.1) is 0 Å². The molecule has 2 heterocycles. The van der Waals surface area contributed by atoms with E-state index in [0.717, 1.165) is 6.42 Å². The van der Waals surface area contributed by atoms with Crippen molar-refractivity contribution in [3.63, 3.8) is 0 Å². The van der Waals surface area contributed by atoms with Crippen LogP contribution in [0.5, 0.6) is 0 Å². The second-order valence-corrected chi connectivity index (χ2v) is 6.61. The highest BCUT2D eigenvalue weighted by atomic mass is 32.2. The number of aryl methyl sites for hydroxylation is 1. The van der Waals surface area contributed by atoms with Gasteiger partial charge in [-0.2, -0.15) is 0 Å². The number of thioether (sulfide) groups is 1. The summed E-state index contributed by atoms with van der Waals surface area (Å²) in [7, 11) is 0. The minimum absolute atomic E-state index is 0.0391. The summed E-state index contributed by atoms with van der Waals surface area (Å²) in [4.78, 5) is 28.4. The van der Waals surface area contributed by atoms with Crippen molar-refractivity contribution < 1.29 is 4.79 Å². The van der Waals surface area contributed by atoms with Crippen LogP contribution in [-0.2, 0) is 11.3 Å². The monoisotopic (exact) mass is 295 g/mol. The molecule has 110 valence electrons. The normalized spacial score (nSPS) is 17.9. The van der Waals surface area contributed by atoms with Gasteiger partial charge in [-0.1, -0.05) is 25.6 Å². The number of aromatic nitrogens is 2. The average Bonchev–Trinajstić information content (AvgIpc) is 2.42. The standard InChI is InChI=1S/C14H21N3O2S/c1-9(2)4-5-15-12(18)11-7-17-13(19)10(3)6-16-14(17)20-8-11/h6,9,11H,4-5,7-8H2,1-3H3,(H,15,18). The molecule has 0 fully saturated rings. The van der Waals surface area contributed by atoms with Crippen LogP contribution in [0.3, 0.4) is 0 Å². The van der Waals surface area contributed by atoms with Gasteiger partial charge in [-0.25, -0.2) is 4.98 Å². The second kappa shape index (κ2) is 6.43. The Balaban J connectivity index is 2.02. The van der Waals surface area contributed by atoms with Crippen LogP contribution in [0.2, 0.25) is 0 Å². The van der Waals surface area contributed by atoms with Gasteiger partial charge in [0, 0.05) is 30.6 Å². The van der Waals surface area contributed by atoms with Crippen LogP contribution in [-0.4, -0.2) is 27.8 Å². The fourth-order valence-corrected chi connectivity index (χ4v) is 3.14. The van der Waals surface area contributed by atoms with E-state index in [1.807, 2.05) is 0 Å². The van der Waals surface area contributed by atoms with Gasteiger partial charge >= 0.3 is 0 Å². The highest BCUT2D eigenvalue weighted by Gasteiger charge is 2.26. The van der Waals surface area contributed by atoms with E-state index in [0.29, 0.717) is 35.5 Å². The van der Waals surface area contributed by atoms with E-state index in [2.05, 4.69) is 24.1 Å². The minimum atomic E-state index is -0.152. The summed E-state index contributed by atoms with van der Waals surface area (Å²) in [5, 5.41) is 3.68. The molecule has 1 amide bonds. The van der Waals surface area contributed by atoms with Gasteiger partial charge in [-0.3, -0.25) is 14.2 Å². The van der Waals surface area contributed by atoms with E-state index < -0.39 is 0 Å². The molecule has 0 bridgehead atoms. The number of fused-ring (bicyclic) bond motifs is 1. The third kappa shape index (κ3) is 3.42. The molecular formula is C14H21N3O2S. The van der Waals surface area contributed by atoms with Gasteiger partial charge in [0.2, 0.25) is 5.91 Å². The van der Waals surface area contributed by atoms with Crippen LogP contribution in [0.1, 0.15) is 25.8 Å². The summed E-state index contributed by atoms with van der Waals surface area (Å²) in [5.74, 6) is 1.15. The van der Waals surface area contributed by atoms with E-state index in [1.54, 1.807) is 17.7 Å². The zero-order chi connectivity index (χ0) is 14.7. The highest BCUT2D eigenvalue weighted by molar-refractivity contribution is 7.99. The Labute approximate surface area is 123 Å². The van der Waals surface area contributed by atoms with Crippen molar-refractivity contribution in [2.45, 2.75) is 38.9 Å². The first-order valence-electron chi connectivity index (χ1n) is 6.96. The Hall–Kier alpha value is -1.30. The lowest BCUT2D eigenvalue weighted by molar-refractivity contribution is -0.124. The number of amides is 1. The predicted octanol–water partition coefficient (Wildman–Crippen LogP) is 1.44. The Morgan fingerprint density at radius 1 is 1.60 bits per heavy atom. The Morgan fingerprint density at radius 2 is 2.35 bits per heavy atom. The zero-order valence-corrected chi connectivity index (χ0v) is 13.0. The van der Waals surface area contributed by atoms with Gasteiger partial charge in [-0.05, 0) is 19.3 Å². The summed E-state index contributed by atoms with van der Waals surface area (Å²) >= 11 is 1.48. The lowest BCUT2D eigenvalue weighted by Gasteiger charge is -2.24. The predicted molar refractivity (Wildman–Crippen MR) is 79.9 cm³/mol. The maximum atomic E-state index is 12.1. The molecule has 0 spiro atoms. The Morgan fingerprint density at radius 3 is 3.05 bits per heavy atom. The number of hydrogen-bond donors (Lipinski definition) is 1. The van der Waals surface area contributed by atoms with Crippen LogP contribution < -0.4 is 10.9 Å². The lowest BCUT2D eigenvalue weighted by atomic mass is 10.1. The molecule has 6 heteroatoms. The first kappa shape index (κ1) is 15.1. The quantitative estimate of drug-likeness (QED) is 0.854. The van der Waals surface area contributed by atoms with Gasteiger partial charge in [0.1, 0.15) is 0 Å². The smallest absolute Gasteiger partial charge is 0.257 e. The number of carbonyl (C=O) groups excluding carboxylic acids is 1. The van der Waals surface area contributed by atoms with E-state index in [1.165, 1.54) is 11.8 Å². The largest absolute Gasteiger partial charge is 0.356 e. The summed E-state index contributed by atoms with van der Waals surface area (Å²) < 4.78 is 1.62. The molecule has 5 nitrogen and oxygen atoms in total. The van der Waals surface area contributed by atoms with Gasteiger partial charge in [0.15, 0.2) is 5.16 Å². The first-order chi connectivity index (χ1) is 9.49. The number of hydrogen-bond acceptors (Lipinski definition) is 4. The first-order valence-corrected chi connectivity index (χ1v) is 7.94. The zero-order valence-electron chi connectivity index (χ0n) is 12.2. The summed E-state index contributed by atoms with van der Waals surface area (Å²) in [6.07, 6.45) is 2.58. The number of nitrogens with one attached hydrogen (secondary N) is 1. The van der Waals surface area contributed by atoms with Crippen LogP contribution in [0.25, 0.3) is 0 Å². The molecular weight excluding hydrogens is 274 g/mol. The SMILES string of the molecule is Cc1cnc2n(c1=O)CC(C(=O)NCCC(C)C)CS2. The molecule has 1 aromatic rings. The van der Waals surface area contributed by atoms with E-state index >= 15 is 0 Å². The third-order valence-electron chi connectivity index (χ3n) is 3.39. The summed E-state index contributed by atoms with van der Waals surface area (Å²) in [5.41, 5.74) is 0.581. The number of carbonyl (C=O) groups is 1. The van der Waals surface area contributed by atoms with Crippen molar-refractivity contribution in [2.24, 2.45) is 11.8 Å². The van der Waals surface area contributed by atoms with Gasteiger partial charge < -0.3 is 5.32 Å². The van der Waals surface area contributed by atoms with Crippen molar-refractivity contribution >= 4 is 17.7 Å². The number of nitrogens with zero attached hydrogens (tertiary/aromatic N) is 2. The maximum absolute atomic E-state index is 12.1. The highest BCUT2D eigenvalue weighted by Crippen LogP contribution is 2.24. The molecule has 0 aliphatic carbocycles. The molecule has 1 aliphatic rings. The van der Waals surface area contributed by atoms with Crippen LogP contribution in [0.15, 0.2) is 16.1 Å². The van der Waals surface area contributed by atoms with E-state index in [4.69, 9.17) is 0 Å². The Kier molecular flexibility index (Phi) is 4.86. The van der Waals surface area contributed by atoms with Crippen molar-refractivity contribution in [2.75, 3.05) is 12.3 Å². The van der Waals surface area contributed by atoms with Crippen LogP contribution >= 0.6 is 11.8 Å². The molecule has 20 heavy (non-hydrogen) atoms. The molecule has 1 N–H and O–H groups in total. The summed E-state index contributed by atoms with van der Waals surface area (Å²) in [6.45, 7) is 7.15. The van der Waals surface area contributed by atoms with Gasteiger partial charge in [0.05, 0.1) is 5.92 Å². The molecule has 0 saturated heterocycles. The fourth-order valence-electron chi connectivity index (χ4n) is 2.09. The minimum Gasteiger partial charge on any atom is -0.356 e. The number of rotatable bonds is 4. The lowest BCUT2D eigenvalue weighted by Crippen LogP contribution is -2.40. The molecule has 0 radical (unpaired) electrons. The molecule has 0 aromatic carbocycles. The van der Waals surface area contributed by atoms with Crippen LogP contribution in [0.4, 0.5) is 0 Å². The maximum Gasteiger partial charge on any atom is 0.257 e. The van der Waals surface area contributed by atoms with E-state index in [-0.39, 0.29) is 17.4 Å². The molecule has 0 saturated carbocycles. The molecule has 2 rings (SSSR count). The molecule has 1 aliphatic heterocycles. The second-order valence-electron chi connectivity index (χ2n) is 5.62. The van der Waals surface area contributed by atoms with Crippen molar-refractivity contribution in [3.8, 4) is 0 Å². The topological polar surface area (TPSA) is 64.0 Å². The van der Waals surface area contributed by atoms with Gasteiger partial charge in [0.25, 0.3) is 5.56 Å². The molecule has 1 unspecified atom stereocenters. The van der Waals surface area contributed by atoms with E-state index in [9.17, 15) is 9.59 Å².